The molecular weight excluding hydrogens is 298 g/mol. The summed E-state index contributed by atoms with van der Waals surface area (Å²) >= 11 is 0. The van der Waals surface area contributed by atoms with E-state index in [1.807, 2.05) is 22.8 Å². The highest BCUT2D eigenvalue weighted by Gasteiger charge is 2.22. The van der Waals surface area contributed by atoms with E-state index in [1.54, 1.807) is 12.4 Å². The van der Waals surface area contributed by atoms with Gasteiger partial charge in [-0.15, -0.1) is 5.10 Å². The molecular formula is C19H23N5. The summed E-state index contributed by atoms with van der Waals surface area (Å²) in [5.41, 5.74) is 4.11. The minimum absolute atomic E-state index is 0.510. The Kier molecular flexibility index (Phi) is 3.92. The average Bonchev–Trinajstić information content (AvgIpc) is 3.02. The molecule has 124 valence electrons. The molecule has 0 saturated heterocycles. The van der Waals surface area contributed by atoms with Crippen LogP contribution in [0, 0.1) is 12.8 Å². The second kappa shape index (κ2) is 6.23. The SMILES string of the molecule is Cc1cc(N[C@H]2CCCC[C@H]2C)nn2c(-c3ccncc3)cnc12. The third-order valence-corrected chi connectivity index (χ3v) is 5.07. The molecule has 0 aromatic carbocycles. The summed E-state index contributed by atoms with van der Waals surface area (Å²) in [5.74, 6) is 1.63. The maximum atomic E-state index is 4.82. The van der Waals surface area contributed by atoms with Gasteiger partial charge in [-0.3, -0.25) is 4.98 Å². The molecule has 0 aliphatic heterocycles. The van der Waals surface area contributed by atoms with Crippen molar-refractivity contribution in [3.05, 3.63) is 42.4 Å². The summed E-state index contributed by atoms with van der Waals surface area (Å²) in [5, 5.41) is 8.48. The van der Waals surface area contributed by atoms with Crippen LogP contribution >= 0.6 is 0 Å². The Morgan fingerprint density at radius 2 is 1.96 bits per heavy atom. The summed E-state index contributed by atoms with van der Waals surface area (Å²) in [6.07, 6.45) is 10.7. The van der Waals surface area contributed by atoms with E-state index in [0.717, 1.165) is 28.3 Å². The molecule has 1 saturated carbocycles. The van der Waals surface area contributed by atoms with E-state index in [9.17, 15) is 0 Å². The monoisotopic (exact) mass is 321 g/mol. The van der Waals surface area contributed by atoms with Crippen molar-refractivity contribution in [1.82, 2.24) is 19.6 Å². The van der Waals surface area contributed by atoms with Crippen molar-refractivity contribution in [3.63, 3.8) is 0 Å². The fraction of sp³-hybridized carbons (Fsp3) is 0.421. The fourth-order valence-electron chi connectivity index (χ4n) is 3.63. The number of hydrogen-bond acceptors (Lipinski definition) is 4. The third-order valence-electron chi connectivity index (χ3n) is 5.07. The highest BCUT2D eigenvalue weighted by atomic mass is 15.3. The zero-order chi connectivity index (χ0) is 16.5. The Bertz CT molecular complexity index is 840. The van der Waals surface area contributed by atoms with Crippen molar-refractivity contribution >= 4 is 11.5 Å². The van der Waals surface area contributed by atoms with Crippen LogP contribution < -0.4 is 5.32 Å². The van der Waals surface area contributed by atoms with Crippen LogP contribution in [0.25, 0.3) is 16.9 Å². The van der Waals surface area contributed by atoms with E-state index in [0.29, 0.717) is 12.0 Å². The van der Waals surface area contributed by atoms with Gasteiger partial charge in [-0.05, 0) is 49.4 Å². The zero-order valence-electron chi connectivity index (χ0n) is 14.2. The van der Waals surface area contributed by atoms with Crippen LogP contribution in [0.3, 0.4) is 0 Å². The lowest BCUT2D eigenvalue weighted by Gasteiger charge is -2.30. The van der Waals surface area contributed by atoms with Crippen LogP contribution in [0.2, 0.25) is 0 Å². The molecule has 0 radical (unpaired) electrons. The number of aromatic nitrogens is 4. The van der Waals surface area contributed by atoms with Gasteiger partial charge in [-0.1, -0.05) is 19.8 Å². The van der Waals surface area contributed by atoms with Gasteiger partial charge >= 0.3 is 0 Å². The van der Waals surface area contributed by atoms with Crippen molar-refractivity contribution in [1.29, 1.82) is 0 Å². The molecule has 3 heterocycles. The van der Waals surface area contributed by atoms with Crippen molar-refractivity contribution in [2.45, 2.75) is 45.6 Å². The molecule has 1 fully saturated rings. The largest absolute Gasteiger partial charge is 0.366 e. The Hall–Kier alpha value is -2.43. The highest BCUT2D eigenvalue weighted by molar-refractivity contribution is 5.65. The number of nitrogens with zero attached hydrogens (tertiary/aromatic N) is 4. The number of imidazole rings is 1. The molecule has 4 rings (SSSR count). The van der Waals surface area contributed by atoms with E-state index in [4.69, 9.17) is 5.10 Å². The van der Waals surface area contributed by atoms with E-state index in [2.05, 4.69) is 35.2 Å². The number of rotatable bonds is 3. The molecule has 2 atom stereocenters. The maximum Gasteiger partial charge on any atom is 0.157 e. The van der Waals surface area contributed by atoms with Gasteiger partial charge in [0, 0.05) is 24.0 Å². The first-order valence-electron chi connectivity index (χ1n) is 8.74. The number of fused-ring (bicyclic) bond motifs is 1. The number of aryl methyl sites for hydroxylation is 1. The number of pyridine rings is 1. The predicted molar refractivity (Wildman–Crippen MR) is 96.0 cm³/mol. The Labute approximate surface area is 142 Å². The lowest BCUT2D eigenvalue weighted by molar-refractivity contribution is 0.348. The Morgan fingerprint density at radius 1 is 1.17 bits per heavy atom. The quantitative estimate of drug-likeness (QED) is 0.789. The van der Waals surface area contributed by atoms with Crippen molar-refractivity contribution in [3.8, 4) is 11.3 Å². The summed E-state index contributed by atoms with van der Waals surface area (Å²) in [4.78, 5) is 8.64. The lowest BCUT2D eigenvalue weighted by atomic mass is 9.86. The van der Waals surface area contributed by atoms with Gasteiger partial charge in [-0.2, -0.15) is 0 Å². The molecule has 0 amide bonds. The van der Waals surface area contributed by atoms with Gasteiger partial charge in [-0.25, -0.2) is 9.50 Å². The van der Waals surface area contributed by atoms with Crippen molar-refractivity contribution < 1.29 is 0 Å². The van der Waals surface area contributed by atoms with Crippen LogP contribution in [0.15, 0.2) is 36.8 Å². The van der Waals surface area contributed by atoms with E-state index < -0.39 is 0 Å². The Morgan fingerprint density at radius 3 is 2.75 bits per heavy atom. The van der Waals surface area contributed by atoms with Crippen molar-refractivity contribution in [2.75, 3.05) is 5.32 Å². The van der Waals surface area contributed by atoms with Gasteiger partial charge in [0.25, 0.3) is 0 Å². The van der Waals surface area contributed by atoms with Crippen LogP contribution in [-0.4, -0.2) is 25.6 Å². The van der Waals surface area contributed by atoms with E-state index in [1.165, 1.54) is 25.7 Å². The average molecular weight is 321 g/mol. The molecule has 0 unspecified atom stereocenters. The predicted octanol–water partition coefficient (Wildman–Crippen LogP) is 4.09. The minimum Gasteiger partial charge on any atom is -0.366 e. The number of hydrogen-bond donors (Lipinski definition) is 1. The van der Waals surface area contributed by atoms with Crippen LogP contribution in [0.4, 0.5) is 5.82 Å². The topological polar surface area (TPSA) is 55.1 Å². The number of anilines is 1. The Balaban J connectivity index is 1.72. The molecule has 0 spiro atoms. The summed E-state index contributed by atoms with van der Waals surface area (Å²) in [6, 6.07) is 6.60. The number of nitrogens with one attached hydrogen (secondary N) is 1. The molecule has 1 N–H and O–H groups in total. The van der Waals surface area contributed by atoms with Crippen molar-refractivity contribution in [2.24, 2.45) is 5.92 Å². The first kappa shape index (κ1) is 15.1. The fourth-order valence-corrected chi connectivity index (χ4v) is 3.63. The molecule has 3 aromatic rings. The minimum atomic E-state index is 0.510. The third kappa shape index (κ3) is 2.75. The highest BCUT2D eigenvalue weighted by Crippen LogP contribution is 2.27. The van der Waals surface area contributed by atoms with Gasteiger partial charge < -0.3 is 5.32 Å². The molecule has 5 heteroatoms. The van der Waals surface area contributed by atoms with Crippen LogP contribution in [0.1, 0.15) is 38.2 Å². The molecule has 1 aliphatic carbocycles. The summed E-state index contributed by atoms with van der Waals surface area (Å²) in [6.45, 7) is 4.43. The molecule has 3 aromatic heterocycles. The van der Waals surface area contributed by atoms with E-state index in [-0.39, 0.29) is 0 Å². The van der Waals surface area contributed by atoms with Gasteiger partial charge in [0.1, 0.15) is 5.82 Å². The summed E-state index contributed by atoms with van der Waals surface area (Å²) in [7, 11) is 0. The van der Waals surface area contributed by atoms with Gasteiger partial charge in [0.05, 0.1) is 11.9 Å². The van der Waals surface area contributed by atoms with Gasteiger partial charge in [0.2, 0.25) is 0 Å². The molecule has 1 aliphatic rings. The van der Waals surface area contributed by atoms with E-state index >= 15 is 0 Å². The van der Waals surface area contributed by atoms with Crippen LogP contribution in [-0.2, 0) is 0 Å². The smallest absolute Gasteiger partial charge is 0.157 e. The first-order valence-corrected chi connectivity index (χ1v) is 8.74. The lowest BCUT2D eigenvalue weighted by Crippen LogP contribution is -2.30. The molecule has 0 bridgehead atoms. The normalized spacial score (nSPS) is 21.1. The second-order valence-electron chi connectivity index (χ2n) is 6.84. The van der Waals surface area contributed by atoms with Gasteiger partial charge in [0.15, 0.2) is 5.65 Å². The first-order chi connectivity index (χ1) is 11.7. The molecule has 24 heavy (non-hydrogen) atoms. The standard InChI is InChI=1S/C19H23N5/c1-13-5-3-4-6-16(13)22-18-11-14(2)19-21-12-17(24(19)23-18)15-7-9-20-10-8-15/h7-13,16H,3-6H2,1-2H3,(H,22,23)/t13-,16+/m1/s1. The second-order valence-corrected chi connectivity index (χ2v) is 6.84. The summed E-state index contributed by atoms with van der Waals surface area (Å²) < 4.78 is 1.94. The maximum absolute atomic E-state index is 4.82. The molecule has 5 nitrogen and oxygen atoms in total. The van der Waals surface area contributed by atoms with Crippen LogP contribution in [0.5, 0.6) is 0 Å². The zero-order valence-corrected chi connectivity index (χ0v) is 14.2.